The average Bonchev–Trinajstić information content (AvgIpc) is 3.24. The second-order valence-electron chi connectivity index (χ2n) is 13.6. The number of carbonyl (C=O) groups is 2. The molecule has 0 N–H and O–H groups in total. The molecule has 12 heteroatoms. The quantitative estimate of drug-likeness (QED) is 0.0776. The average molecular weight is 1140 g/mol. The molecule has 0 heterocycles. The first kappa shape index (κ1) is 51.0. The number of hydrogen-bond donors (Lipinski definition) is 0. The van der Waals surface area contributed by atoms with Crippen molar-refractivity contribution in [1.82, 2.24) is 0 Å². The van der Waals surface area contributed by atoms with Crippen LogP contribution in [0.2, 0.25) is 0 Å². The Morgan fingerprint density at radius 3 is 1.10 bits per heavy atom. The molecule has 5 nitrogen and oxygen atoms in total. The van der Waals surface area contributed by atoms with Crippen LogP contribution in [-0.4, -0.2) is 23.7 Å². The van der Waals surface area contributed by atoms with Gasteiger partial charge in [-0.25, -0.2) is 0 Å². The number of halogens is 4. The van der Waals surface area contributed by atoms with Gasteiger partial charge in [-0.3, -0.25) is 9.59 Å². The predicted octanol–water partition coefficient (Wildman–Crippen LogP) is 13.1. The monoisotopic (exact) mass is 1130 g/mol. The van der Waals surface area contributed by atoms with Crippen LogP contribution in [0.1, 0.15) is 59.7 Å². The number of ether oxygens (including phenoxy) is 1. The van der Waals surface area contributed by atoms with Gasteiger partial charge in [-0.05, 0) is 74.9 Å². The summed E-state index contributed by atoms with van der Waals surface area (Å²) in [6.45, 7) is 11.7. The molecule has 0 aromatic heterocycles. The van der Waals surface area contributed by atoms with Gasteiger partial charge in [-0.1, -0.05) is 177 Å². The van der Waals surface area contributed by atoms with Gasteiger partial charge in [0.25, 0.3) is 0 Å². The topological polar surface area (TPSA) is 77.5 Å². The molecule has 0 fully saturated rings. The van der Waals surface area contributed by atoms with Crippen molar-refractivity contribution in [2.75, 3.05) is 12.6 Å². The van der Waals surface area contributed by atoms with Gasteiger partial charge in [0.05, 0.1) is 0 Å². The van der Waals surface area contributed by atoms with E-state index in [1.807, 2.05) is 133 Å². The minimum atomic E-state index is -3.49. The van der Waals surface area contributed by atoms with Crippen LogP contribution in [0.5, 0.6) is 0 Å². The van der Waals surface area contributed by atoms with Crippen molar-refractivity contribution < 1.29 is 36.7 Å². The van der Waals surface area contributed by atoms with E-state index in [4.69, 9.17) is 0 Å². The first-order valence-corrected chi connectivity index (χ1v) is 38.2. The molecule has 0 aliphatic rings. The number of alkyl halides is 2. The molecule has 6 aromatic carbocycles. The molecule has 306 valence electrons. The zero-order valence-electron chi connectivity index (χ0n) is 34.3. The number of aryl methyl sites for hydroxylation is 5. The third-order valence-corrected chi connectivity index (χ3v) is 16.2. The Hall–Kier alpha value is -2.38. The van der Waals surface area contributed by atoms with Crippen LogP contribution in [0.25, 0.3) is 0 Å². The minimum absolute atomic E-state index is 0.250. The fourth-order valence-electron chi connectivity index (χ4n) is 6.91. The van der Waals surface area contributed by atoms with E-state index in [1.165, 1.54) is 0 Å². The Bertz CT molecular complexity index is 2290. The fourth-order valence-corrected chi connectivity index (χ4v) is 13.0. The van der Waals surface area contributed by atoms with E-state index in [0.717, 1.165) is 38.9 Å². The molecule has 0 amide bonds. The van der Waals surface area contributed by atoms with Crippen LogP contribution < -0.4 is 21.2 Å². The van der Waals surface area contributed by atoms with Crippen molar-refractivity contribution in [3.63, 3.8) is 0 Å². The number of rotatable bonds is 10. The van der Waals surface area contributed by atoms with Gasteiger partial charge in [0.2, 0.25) is 25.3 Å². The maximum absolute atomic E-state index is 14.3. The zero-order chi connectivity index (χ0) is 43.8. The van der Waals surface area contributed by atoms with Gasteiger partial charge in [-0.2, -0.15) is 0 Å². The zero-order valence-corrected chi connectivity index (χ0v) is 45.4. The molecule has 0 unspecified atom stereocenters. The molecule has 0 aliphatic heterocycles. The van der Waals surface area contributed by atoms with Crippen molar-refractivity contribution in [2.45, 2.75) is 46.9 Å². The summed E-state index contributed by atoms with van der Waals surface area (Å²) in [6.07, 6.45) is 0. The summed E-state index contributed by atoms with van der Waals surface area (Å²) >= 11 is 12.8. The van der Waals surface area contributed by atoms with E-state index in [1.54, 1.807) is 55.6 Å². The van der Waals surface area contributed by atoms with Crippen molar-refractivity contribution in [3.05, 3.63) is 190 Å². The van der Waals surface area contributed by atoms with Gasteiger partial charge in [0.15, 0.2) is 0 Å². The third-order valence-electron chi connectivity index (χ3n) is 9.53. The third kappa shape index (κ3) is 12.6. The van der Waals surface area contributed by atoms with Crippen LogP contribution in [0.4, 0.5) is 0 Å². The molecule has 6 rings (SSSR count). The van der Waals surface area contributed by atoms with Gasteiger partial charge < -0.3 is 13.9 Å². The molecule has 0 aliphatic carbocycles. The van der Waals surface area contributed by atoms with Crippen molar-refractivity contribution in [2.24, 2.45) is 0 Å². The van der Waals surface area contributed by atoms with Gasteiger partial charge >= 0.3 is 40.5 Å². The second kappa shape index (κ2) is 24.9. The van der Waals surface area contributed by atoms with Crippen molar-refractivity contribution >= 4 is 106 Å². The van der Waals surface area contributed by atoms with E-state index in [0.29, 0.717) is 43.2 Å². The molecule has 0 saturated carbocycles. The van der Waals surface area contributed by atoms with E-state index >= 15 is 0 Å². The van der Waals surface area contributed by atoms with Gasteiger partial charge in [0, 0.05) is 44.8 Å². The van der Waals surface area contributed by atoms with Crippen molar-refractivity contribution in [1.29, 1.82) is 0 Å². The number of carbonyl (C=O) groups excluding carboxylic acids is 2. The van der Waals surface area contributed by atoms with Crippen LogP contribution >= 0.6 is 73.4 Å². The summed E-state index contributed by atoms with van der Waals surface area (Å²) in [7, 11) is -5.30. The Balaban J connectivity index is 0.000000273. The Labute approximate surface area is 387 Å². The Morgan fingerprint density at radius 1 is 0.525 bits per heavy atom. The second-order valence-corrected chi connectivity index (χ2v) is 34.0. The SMILES string of the molecule is COCBr.Cc1cc(C)c(C(=O)P(=O)(c2ccccc2)c2ccccc2)c(C)c1.Cc1cc(C)c(C(=O)P(=O)(c2ccccc2)c2ccccc2)c(C)c1CBr.[Br][Zn][Br]. The van der Waals surface area contributed by atoms with Crippen LogP contribution in [0.15, 0.2) is 140 Å². The number of methoxy groups -OCH3 is 1. The molecular weight excluding hydrogens is 1090 g/mol. The molecule has 0 saturated heterocycles. The molecular formula is C47H48Br4O5P2Zn. The van der Waals surface area contributed by atoms with E-state index in [-0.39, 0.29) is 24.3 Å². The Kier molecular flexibility index (Phi) is 21.5. The molecule has 0 radical (unpaired) electrons. The molecule has 0 bridgehead atoms. The molecule has 59 heavy (non-hydrogen) atoms. The predicted molar refractivity (Wildman–Crippen MR) is 261 cm³/mol. The van der Waals surface area contributed by atoms with E-state index in [9.17, 15) is 18.7 Å². The first-order chi connectivity index (χ1) is 28.2. The number of benzene rings is 6. The maximum atomic E-state index is 14.3. The van der Waals surface area contributed by atoms with Gasteiger partial charge in [0.1, 0.15) is 5.52 Å². The van der Waals surface area contributed by atoms with Crippen LogP contribution in [-0.2, 0) is 32.4 Å². The summed E-state index contributed by atoms with van der Waals surface area (Å²) in [5.41, 5.74) is 8.01. The summed E-state index contributed by atoms with van der Waals surface area (Å²) in [5.74, 6) is 0. The Morgan fingerprint density at radius 2 is 0.814 bits per heavy atom. The molecule has 0 atom stereocenters. The summed E-state index contributed by atoms with van der Waals surface area (Å²) in [4.78, 5) is 27.4. The summed E-state index contributed by atoms with van der Waals surface area (Å²) in [5, 5.41) is 2.95. The first-order valence-electron chi connectivity index (χ1n) is 18.6. The number of hydrogen-bond acceptors (Lipinski definition) is 5. The summed E-state index contributed by atoms with van der Waals surface area (Å²) < 4.78 is 33.0. The standard InChI is InChI=1S/C23H22BrO2P.C22H21O2P.C2H5BrO.2BrH.Zn/c1-16-14-17(2)22(18(3)21(16)15-24)23(25)27(26,19-10-6-4-7-11-19)20-12-8-5-9-13-20;1-16-14-17(2)21(18(3)15-16)22(23)25(24,19-10-6-4-7-11-19)20-12-8-5-9-13-20;1-4-2-3;;;/h4-14H,15H2,1-3H3;4-15H,1-3H3;2H2,1H3;2*1H;/q;;;;;+2/p-2. The summed E-state index contributed by atoms with van der Waals surface area (Å²) in [6, 6.07) is 42.3. The molecule has 0 spiro atoms. The fraction of sp³-hybridized carbons (Fsp3) is 0.191. The molecule has 6 aromatic rings. The van der Waals surface area contributed by atoms with E-state index < -0.39 is 14.3 Å². The van der Waals surface area contributed by atoms with E-state index in [2.05, 4.69) is 63.8 Å². The van der Waals surface area contributed by atoms with Crippen LogP contribution in [0, 0.1) is 41.5 Å². The normalized spacial score (nSPS) is 10.7. The van der Waals surface area contributed by atoms with Crippen molar-refractivity contribution in [3.8, 4) is 0 Å². The van der Waals surface area contributed by atoms with Gasteiger partial charge in [-0.15, -0.1) is 0 Å². The van der Waals surface area contributed by atoms with Crippen LogP contribution in [0.3, 0.4) is 0 Å².